The van der Waals surface area contributed by atoms with Gasteiger partial charge in [0.2, 0.25) is 29.3 Å². The molecule has 0 aliphatic heterocycles. The van der Waals surface area contributed by atoms with Crippen LogP contribution in [-0.4, -0.2) is 71.0 Å². The maximum Gasteiger partial charge on any atom is 0.317 e. The average molecular weight is 771 g/mol. The number of pyridine rings is 1. The van der Waals surface area contributed by atoms with E-state index in [2.05, 4.69) is 30.2 Å². The molecule has 1 aromatic carbocycles. The molecule has 0 radical (unpaired) electrons. The third-order valence-electron chi connectivity index (χ3n) is 8.30. The van der Waals surface area contributed by atoms with Crippen LogP contribution < -0.4 is 26.3 Å². The van der Waals surface area contributed by atoms with Crippen LogP contribution >= 0.6 is 11.3 Å². The lowest BCUT2D eigenvalue weighted by atomic mass is 10.1. The molecule has 18 nitrogen and oxygen atoms in total. The first-order valence-electron chi connectivity index (χ1n) is 17.3. The number of ether oxygens (including phenoxy) is 1. The highest BCUT2D eigenvalue weighted by atomic mass is 32.1. The highest BCUT2D eigenvalue weighted by Gasteiger charge is 2.24. The van der Waals surface area contributed by atoms with Gasteiger partial charge in [0.05, 0.1) is 33.8 Å². The zero-order valence-electron chi connectivity index (χ0n) is 30.4. The minimum Gasteiger partial charge on any atom is -0.491 e. The monoisotopic (exact) mass is 770 g/mol. The molecule has 0 spiro atoms. The first-order valence-corrected chi connectivity index (χ1v) is 18.1. The Labute approximate surface area is 316 Å². The SMILES string of the molecule is CCc1nc(C)oc1C(=O)/N=c1\sc2cc(C(N)=O)cnc2n1C/C=C/Cn1c(NC(=O)c2oc(C)nc2CC)nc2cc(C(N)=O)cc(OCCCO)c21. The quantitative estimate of drug-likeness (QED) is 0.0865. The van der Waals surface area contributed by atoms with Crippen molar-refractivity contribution in [3.63, 3.8) is 0 Å². The topological polar surface area (TPSA) is 262 Å². The van der Waals surface area contributed by atoms with Gasteiger partial charge in [0, 0.05) is 51.7 Å². The second-order valence-electron chi connectivity index (χ2n) is 12.2. The van der Waals surface area contributed by atoms with Crippen molar-refractivity contribution in [2.24, 2.45) is 16.5 Å². The first kappa shape index (κ1) is 38.3. The summed E-state index contributed by atoms with van der Waals surface area (Å²) in [7, 11) is 0. The van der Waals surface area contributed by atoms with E-state index in [0.29, 0.717) is 63.8 Å². The summed E-state index contributed by atoms with van der Waals surface area (Å²) in [6, 6.07) is 4.56. The summed E-state index contributed by atoms with van der Waals surface area (Å²) in [5, 5.41) is 12.2. The lowest BCUT2D eigenvalue weighted by molar-refractivity contribution is 0.0965. The summed E-state index contributed by atoms with van der Waals surface area (Å²) in [5.74, 6) is -1.46. The zero-order valence-corrected chi connectivity index (χ0v) is 31.2. The van der Waals surface area contributed by atoms with Gasteiger partial charge >= 0.3 is 5.91 Å². The van der Waals surface area contributed by atoms with Gasteiger partial charge in [-0.25, -0.2) is 19.9 Å². The summed E-state index contributed by atoms with van der Waals surface area (Å²) < 4.78 is 21.1. The average Bonchev–Trinajstić information content (AvgIpc) is 3.92. The van der Waals surface area contributed by atoms with Gasteiger partial charge < -0.3 is 34.7 Å². The largest absolute Gasteiger partial charge is 0.491 e. The molecule has 5 heterocycles. The van der Waals surface area contributed by atoms with Crippen molar-refractivity contribution >= 4 is 62.3 Å². The van der Waals surface area contributed by atoms with Gasteiger partial charge in [-0.3, -0.25) is 29.1 Å². The van der Waals surface area contributed by atoms with Crippen LogP contribution in [0.5, 0.6) is 5.75 Å². The van der Waals surface area contributed by atoms with E-state index >= 15 is 0 Å². The van der Waals surface area contributed by atoms with Crippen LogP contribution in [0.1, 0.15) is 85.3 Å². The normalized spacial score (nSPS) is 12.0. The van der Waals surface area contributed by atoms with Gasteiger partial charge in [-0.15, -0.1) is 0 Å². The molecule has 6 aromatic rings. The lowest BCUT2D eigenvalue weighted by Crippen LogP contribution is -2.18. The van der Waals surface area contributed by atoms with E-state index in [9.17, 15) is 24.3 Å². The molecule has 5 aromatic heterocycles. The standard InChI is InChI=1S/C36H38N10O8S/c1-5-22-28(53-18(3)40-22)33(50)43-35-42-24-14-20(30(37)48)15-25(52-13-9-12-47)27(24)45(35)10-7-8-11-46-32-26(16-21(17-39-32)31(38)49)55-36(46)44-34(51)29-23(6-2)41-19(4)54-29/h7-8,14-17,47H,5-6,9-13H2,1-4H3,(H2,37,48)(H2,38,49)(H,42,43,50)/b8-7+,44-36-. The third kappa shape index (κ3) is 8.06. The number of amides is 4. The zero-order chi connectivity index (χ0) is 39.4. The highest BCUT2D eigenvalue weighted by molar-refractivity contribution is 7.16. The number of nitrogens with two attached hydrogens (primary N) is 2. The Morgan fingerprint density at radius 2 is 1.58 bits per heavy atom. The van der Waals surface area contributed by atoms with Gasteiger partial charge in [-0.05, 0) is 31.0 Å². The molecule has 286 valence electrons. The molecule has 0 saturated carbocycles. The van der Waals surface area contributed by atoms with Crippen LogP contribution in [0.15, 0.2) is 50.4 Å². The van der Waals surface area contributed by atoms with E-state index in [1.165, 1.54) is 18.3 Å². The fourth-order valence-electron chi connectivity index (χ4n) is 5.76. The number of carbonyl (C=O) groups excluding carboxylic acids is 4. The molecule has 0 unspecified atom stereocenters. The number of fused-ring (bicyclic) bond motifs is 2. The number of nitrogens with one attached hydrogen (secondary N) is 1. The van der Waals surface area contributed by atoms with Gasteiger partial charge in [0.25, 0.3) is 5.91 Å². The molecular weight excluding hydrogens is 733 g/mol. The number of aryl methyl sites for hydroxylation is 4. The van der Waals surface area contributed by atoms with Gasteiger partial charge in [0.1, 0.15) is 11.3 Å². The number of aliphatic hydroxyl groups is 1. The van der Waals surface area contributed by atoms with Gasteiger partial charge in [0.15, 0.2) is 22.2 Å². The number of aliphatic hydroxyl groups excluding tert-OH is 1. The number of allylic oxidation sites excluding steroid dienone is 2. The van der Waals surface area contributed by atoms with Gasteiger partial charge in [-0.2, -0.15) is 4.99 Å². The first-order chi connectivity index (χ1) is 26.4. The Balaban J connectivity index is 1.41. The fraction of sp³-hybridized carbons (Fsp3) is 0.306. The molecule has 55 heavy (non-hydrogen) atoms. The van der Waals surface area contributed by atoms with E-state index < -0.39 is 23.6 Å². The fourth-order valence-corrected chi connectivity index (χ4v) is 6.80. The minimum atomic E-state index is -0.709. The van der Waals surface area contributed by atoms with Crippen LogP contribution in [0.25, 0.3) is 21.4 Å². The van der Waals surface area contributed by atoms with Crippen molar-refractivity contribution in [2.45, 2.75) is 60.0 Å². The van der Waals surface area contributed by atoms with Crippen molar-refractivity contribution in [1.82, 2.24) is 29.1 Å². The molecule has 0 fully saturated rings. The molecule has 0 atom stereocenters. The van der Waals surface area contributed by atoms with E-state index in [1.807, 2.05) is 13.8 Å². The Morgan fingerprint density at radius 3 is 2.24 bits per heavy atom. The number of imidazole rings is 1. The number of benzene rings is 1. The number of anilines is 1. The Hall–Kier alpha value is -6.47. The number of rotatable bonds is 15. The summed E-state index contributed by atoms with van der Waals surface area (Å²) in [6.07, 6.45) is 6.18. The van der Waals surface area contributed by atoms with E-state index in [1.54, 1.807) is 41.2 Å². The second kappa shape index (κ2) is 16.3. The number of hydrogen-bond donors (Lipinski definition) is 4. The lowest BCUT2D eigenvalue weighted by Gasteiger charge is -2.12. The predicted molar refractivity (Wildman–Crippen MR) is 200 cm³/mol. The Morgan fingerprint density at radius 1 is 0.927 bits per heavy atom. The van der Waals surface area contributed by atoms with Crippen LogP contribution in [0.4, 0.5) is 5.95 Å². The Bertz CT molecular complexity index is 2560. The van der Waals surface area contributed by atoms with E-state index in [0.717, 1.165) is 11.3 Å². The summed E-state index contributed by atoms with van der Waals surface area (Å²) in [6.45, 7) is 7.29. The third-order valence-corrected chi connectivity index (χ3v) is 9.32. The van der Waals surface area contributed by atoms with Crippen molar-refractivity contribution in [3.8, 4) is 5.75 Å². The molecule has 0 aliphatic rings. The van der Waals surface area contributed by atoms with Crippen LogP contribution in [0.3, 0.4) is 0 Å². The molecule has 0 aliphatic carbocycles. The van der Waals surface area contributed by atoms with Crippen LogP contribution in [0, 0.1) is 13.8 Å². The van der Waals surface area contributed by atoms with Gasteiger partial charge in [-0.1, -0.05) is 37.3 Å². The molecule has 0 bridgehead atoms. The van der Waals surface area contributed by atoms with E-state index in [-0.39, 0.29) is 65.4 Å². The predicted octanol–water partition coefficient (Wildman–Crippen LogP) is 3.37. The molecular formula is C36H38N10O8S. The van der Waals surface area contributed by atoms with Crippen molar-refractivity contribution in [2.75, 3.05) is 18.5 Å². The second-order valence-corrected chi connectivity index (χ2v) is 13.2. The number of thiazole rings is 1. The molecule has 6 N–H and O–H groups in total. The van der Waals surface area contributed by atoms with Crippen LogP contribution in [0.2, 0.25) is 0 Å². The minimum absolute atomic E-state index is 0.0370. The number of aromatic nitrogens is 6. The number of hydrogen-bond acceptors (Lipinski definition) is 13. The van der Waals surface area contributed by atoms with Crippen molar-refractivity contribution < 1.29 is 37.9 Å². The number of carbonyl (C=O) groups is 4. The summed E-state index contributed by atoms with van der Waals surface area (Å²) in [5.41, 5.74) is 13.6. The maximum absolute atomic E-state index is 13.5. The number of nitrogens with zero attached hydrogens (tertiary/aromatic N) is 7. The number of primary amides is 2. The smallest absolute Gasteiger partial charge is 0.317 e. The highest BCUT2D eigenvalue weighted by Crippen LogP contribution is 2.32. The molecule has 0 saturated heterocycles. The molecule has 6 rings (SSSR count). The van der Waals surface area contributed by atoms with Crippen LogP contribution in [-0.2, 0) is 25.9 Å². The number of oxazole rings is 2. The Kier molecular flexibility index (Phi) is 11.3. The molecule has 4 amide bonds. The van der Waals surface area contributed by atoms with Crippen molar-refractivity contribution in [3.05, 3.63) is 87.2 Å². The molecule has 19 heteroatoms. The summed E-state index contributed by atoms with van der Waals surface area (Å²) >= 11 is 1.14. The van der Waals surface area contributed by atoms with Crippen molar-refractivity contribution in [1.29, 1.82) is 0 Å². The maximum atomic E-state index is 13.5. The van der Waals surface area contributed by atoms with E-state index in [4.69, 9.17) is 25.0 Å². The summed E-state index contributed by atoms with van der Waals surface area (Å²) in [4.78, 5) is 73.4.